The highest BCUT2D eigenvalue weighted by molar-refractivity contribution is 4.86. The van der Waals surface area contributed by atoms with Crippen molar-refractivity contribution in [3.63, 3.8) is 0 Å². The van der Waals surface area contributed by atoms with Crippen LogP contribution < -0.4 is 5.73 Å². The van der Waals surface area contributed by atoms with E-state index in [4.69, 9.17) is 10.5 Å². The van der Waals surface area contributed by atoms with E-state index in [1.54, 1.807) is 0 Å². The first kappa shape index (κ1) is 12.3. The average Bonchev–Trinajstić information content (AvgIpc) is 2.96. The summed E-state index contributed by atoms with van der Waals surface area (Å²) in [7, 11) is 0. The summed E-state index contributed by atoms with van der Waals surface area (Å²) in [5.41, 5.74) is 5.87. The molecule has 3 heteroatoms. The Hall–Kier alpha value is -0.120. The number of nitrogens with two attached hydrogens (primary N) is 1. The zero-order chi connectivity index (χ0) is 11.4. The second-order valence-electron chi connectivity index (χ2n) is 5.31. The van der Waals surface area contributed by atoms with Gasteiger partial charge in [-0.1, -0.05) is 13.3 Å². The van der Waals surface area contributed by atoms with Gasteiger partial charge in [-0.05, 0) is 44.2 Å². The van der Waals surface area contributed by atoms with E-state index in [1.165, 1.54) is 32.2 Å². The second kappa shape index (κ2) is 5.99. The first-order valence-electron chi connectivity index (χ1n) is 6.87. The molecule has 0 aromatic heterocycles. The molecule has 1 aliphatic heterocycles. The molecule has 0 bridgehead atoms. The lowest BCUT2D eigenvalue weighted by Crippen LogP contribution is -2.42. The maximum Gasteiger partial charge on any atom is 0.0507 e. The lowest BCUT2D eigenvalue weighted by atomic mass is 10.00. The fraction of sp³-hybridized carbons (Fsp3) is 1.00. The molecule has 0 aromatic rings. The average molecular weight is 226 g/mol. The molecule has 16 heavy (non-hydrogen) atoms. The Balaban J connectivity index is 1.87. The van der Waals surface area contributed by atoms with E-state index >= 15 is 0 Å². The van der Waals surface area contributed by atoms with Crippen molar-refractivity contribution in [2.75, 3.05) is 32.8 Å². The van der Waals surface area contributed by atoms with Gasteiger partial charge in [0.1, 0.15) is 0 Å². The first-order chi connectivity index (χ1) is 7.85. The zero-order valence-electron chi connectivity index (χ0n) is 10.5. The Bertz CT molecular complexity index is 204. The van der Waals surface area contributed by atoms with Crippen molar-refractivity contribution < 1.29 is 4.74 Å². The molecule has 3 unspecified atom stereocenters. The third kappa shape index (κ3) is 2.76. The maximum atomic E-state index is 5.87. The number of nitrogens with zero attached hydrogens (tertiary/aromatic N) is 1. The molecular formula is C13H26N2O. The highest BCUT2D eigenvalue weighted by atomic mass is 16.5. The number of hydrogen-bond donors (Lipinski definition) is 1. The van der Waals surface area contributed by atoms with E-state index in [0.29, 0.717) is 0 Å². The lowest BCUT2D eigenvalue weighted by Gasteiger charge is -2.33. The highest BCUT2D eigenvalue weighted by Gasteiger charge is 2.32. The minimum absolute atomic E-state index is 0.738. The van der Waals surface area contributed by atoms with Gasteiger partial charge in [-0.25, -0.2) is 0 Å². The first-order valence-corrected chi connectivity index (χ1v) is 6.87. The van der Waals surface area contributed by atoms with Crippen molar-refractivity contribution in [1.82, 2.24) is 4.90 Å². The monoisotopic (exact) mass is 226 g/mol. The van der Waals surface area contributed by atoms with Gasteiger partial charge in [0.25, 0.3) is 0 Å². The summed E-state index contributed by atoms with van der Waals surface area (Å²) in [4.78, 5) is 2.66. The van der Waals surface area contributed by atoms with E-state index in [1.807, 2.05) is 0 Å². The molecule has 2 aliphatic rings. The molecule has 3 nitrogen and oxygen atoms in total. The van der Waals surface area contributed by atoms with Crippen molar-refractivity contribution in [2.45, 2.75) is 38.6 Å². The van der Waals surface area contributed by atoms with Crippen LogP contribution in [0.25, 0.3) is 0 Å². The third-order valence-corrected chi connectivity index (χ3v) is 4.31. The van der Waals surface area contributed by atoms with Crippen LogP contribution in [-0.2, 0) is 4.74 Å². The summed E-state index contributed by atoms with van der Waals surface area (Å²) in [6.07, 6.45) is 5.29. The van der Waals surface area contributed by atoms with Crippen LogP contribution in [0.4, 0.5) is 0 Å². The van der Waals surface area contributed by atoms with Crippen LogP contribution in [0.2, 0.25) is 0 Å². The summed E-state index contributed by atoms with van der Waals surface area (Å²) >= 11 is 0. The SMILES string of the molecule is CCN(CC1CCOC1)C1CCCC1CN. The van der Waals surface area contributed by atoms with Crippen LogP contribution in [0.5, 0.6) is 0 Å². The van der Waals surface area contributed by atoms with Crippen molar-refractivity contribution in [3.8, 4) is 0 Å². The van der Waals surface area contributed by atoms with E-state index in [9.17, 15) is 0 Å². The van der Waals surface area contributed by atoms with Gasteiger partial charge in [0.15, 0.2) is 0 Å². The van der Waals surface area contributed by atoms with Gasteiger partial charge in [-0.3, -0.25) is 4.90 Å². The van der Waals surface area contributed by atoms with Crippen molar-refractivity contribution in [2.24, 2.45) is 17.6 Å². The summed E-state index contributed by atoms with van der Waals surface area (Å²) in [5, 5.41) is 0. The Morgan fingerprint density at radius 1 is 1.31 bits per heavy atom. The summed E-state index contributed by atoms with van der Waals surface area (Å²) < 4.78 is 5.47. The molecule has 2 rings (SSSR count). The minimum Gasteiger partial charge on any atom is -0.381 e. The van der Waals surface area contributed by atoms with Gasteiger partial charge in [0.05, 0.1) is 6.61 Å². The van der Waals surface area contributed by atoms with Crippen molar-refractivity contribution >= 4 is 0 Å². The largest absolute Gasteiger partial charge is 0.381 e. The lowest BCUT2D eigenvalue weighted by molar-refractivity contribution is 0.129. The van der Waals surface area contributed by atoms with Gasteiger partial charge >= 0.3 is 0 Å². The summed E-state index contributed by atoms with van der Waals surface area (Å²) in [6.45, 7) is 7.46. The second-order valence-corrected chi connectivity index (χ2v) is 5.31. The third-order valence-electron chi connectivity index (χ3n) is 4.31. The van der Waals surface area contributed by atoms with Gasteiger partial charge in [0.2, 0.25) is 0 Å². The van der Waals surface area contributed by atoms with Crippen LogP contribution in [0.15, 0.2) is 0 Å². The highest BCUT2D eigenvalue weighted by Crippen LogP contribution is 2.30. The Labute approximate surface area is 99.3 Å². The Kier molecular flexibility index (Phi) is 4.62. The van der Waals surface area contributed by atoms with E-state index in [2.05, 4.69) is 11.8 Å². The fourth-order valence-corrected chi connectivity index (χ4v) is 3.33. The number of ether oxygens (including phenoxy) is 1. The molecule has 1 saturated heterocycles. The quantitative estimate of drug-likeness (QED) is 0.771. The molecule has 1 heterocycles. The van der Waals surface area contributed by atoms with Crippen molar-refractivity contribution in [3.05, 3.63) is 0 Å². The van der Waals surface area contributed by atoms with Gasteiger partial charge in [-0.15, -0.1) is 0 Å². The topological polar surface area (TPSA) is 38.5 Å². The van der Waals surface area contributed by atoms with E-state index < -0.39 is 0 Å². The Morgan fingerprint density at radius 3 is 2.81 bits per heavy atom. The van der Waals surface area contributed by atoms with E-state index in [-0.39, 0.29) is 0 Å². The number of rotatable bonds is 5. The predicted octanol–water partition coefficient (Wildman–Crippen LogP) is 1.47. The number of hydrogen-bond acceptors (Lipinski definition) is 3. The van der Waals surface area contributed by atoms with Crippen molar-refractivity contribution in [1.29, 1.82) is 0 Å². The van der Waals surface area contributed by atoms with E-state index in [0.717, 1.165) is 44.2 Å². The van der Waals surface area contributed by atoms with Gasteiger partial charge in [0, 0.05) is 19.2 Å². The molecule has 2 fully saturated rings. The van der Waals surface area contributed by atoms with Crippen LogP contribution in [0, 0.1) is 11.8 Å². The van der Waals surface area contributed by atoms with Crippen LogP contribution in [0.3, 0.4) is 0 Å². The van der Waals surface area contributed by atoms with Gasteiger partial charge < -0.3 is 10.5 Å². The minimum atomic E-state index is 0.738. The van der Waals surface area contributed by atoms with Crippen LogP contribution in [0.1, 0.15) is 32.6 Å². The summed E-state index contributed by atoms with van der Waals surface area (Å²) in [5.74, 6) is 1.50. The van der Waals surface area contributed by atoms with Crippen LogP contribution in [-0.4, -0.2) is 43.8 Å². The standard InChI is InChI=1S/C13H26N2O/c1-2-15(9-11-6-7-16-10-11)13-5-3-4-12(13)8-14/h11-13H,2-10,14H2,1H3. The molecule has 1 aliphatic carbocycles. The van der Waals surface area contributed by atoms with Gasteiger partial charge in [-0.2, -0.15) is 0 Å². The molecule has 94 valence electrons. The zero-order valence-corrected chi connectivity index (χ0v) is 10.5. The molecule has 0 aromatic carbocycles. The molecule has 0 amide bonds. The Morgan fingerprint density at radius 2 is 2.19 bits per heavy atom. The molecule has 1 saturated carbocycles. The molecular weight excluding hydrogens is 200 g/mol. The fourth-order valence-electron chi connectivity index (χ4n) is 3.33. The molecule has 3 atom stereocenters. The summed E-state index contributed by atoms with van der Waals surface area (Å²) in [6, 6.07) is 0.746. The van der Waals surface area contributed by atoms with Crippen LogP contribution >= 0.6 is 0 Å². The smallest absolute Gasteiger partial charge is 0.0507 e. The molecule has 2 N–H and O–H groups in total. The molecule has 0 spiro atoms. The normalized spacial score (nSPS) is 35.1. The molecule has 0 radical (unpaired) electrons. The predicted molar refractivity (Wildman–Crippen MR) is 66.4 cm³/mol. The maximum absolute atomic E-state index is 5.87.